The second kappa shape index (κ2) is 13.0. The average molecular weight is 892 g/mol. The summed E-state index contributed by atoms with van der Waals surface area (Å²) in [7, 11) is 0. The van der Waals surface area contributed by atoms with Crippen molar-refractivity contribution in [1.29, 1.82) is 0 Å². The zero-order valence-electron chi connectivity index (χ0n) is 39.3. The highest BCUT2D eigenvalue weighted by Gasteiger charge is 2.58. The normalized spacial score (nSPS) is 19.9. The molecule has 0 spiro atoms. The molecule has 3 aromatic heterocycles. The SMILES string of the molecule is CC(C)(C)c1cc2c3c(c1)-n1c4c(cccc4c4sc5ccccc5c41)B3c1ccc(N3c4ccc(C(C)(C)C)cc4C4(C)CCCCC34C)cc1N2c1cccc2c1sc1ccccc12. The van der Waals surface area contributed by atoms with Crippen LogP contribution in [0.5, 0.6) is 0 Å². The highest BCUT2D eigenvalue weighted by molar-refractivity contribution is 7.27. The van der Waals surface area contributed by atoms with Crippen LogP contribution >= 0.6 is 22.7 Å². The minimum absolute atomic E-state index is 0.0324. The fourth-order valence-electron chi connectivity index (χ4n) is 13.2. The van der Waals surface area contributed by atoms with E-state index < -0.39 is 0 Å². The number of nitrogens with zero attached hydrogens (tertiary/aromatic N) is 3. The Hall–Kier alpha value is -5.82. The first-order chi connectivity index (χ1) is 31.7. The molecular formula is C60H54BN3S2. The van der Waals surface area contributed by atoms with E-state index in [2.05, 4.69) is 203 Å². The number of fused-ring (bicyclic) bond motifs is 15. The average Bonchev–Trinajstić information content (AvgIpc) is 4.02. The second-order valence-electron chi connectivity index (χ2n) is 22.4. The number of rotatable bonds is 2. The lowest BCUT2D eigenvalue weighted by Gasteiger charge is -2.50. The topological polar surface area (TPSA) is 11.4 Å². The quantitative estimate of drug-likeness (QED) is 0.160. The number of para-hydroxylation sites is 1. The van der Waals surface area contributed by atoms with Crippen LogP contribution in [0.4, 0.5) is 28.4 Å². The lowest BCUT2D eigenvalue weighted by atomic mass is 9.33. The molecule has 1 aliphatic carbocycles. The van der Waals surface area contributed by atoms with Crippen LogP contribution < -0.4 is 26.2 Å². The maximum Gasteiger partial charge on any atom is 0.252 e. The Morgan fingerprint density at radius 1 is 0.515 bits per heavy atom. The van der Waals surface area contributed by atoms with E-state index in [1.54, 1.807) is 0 Å². The fraction of sp³-hybridized carbons (Fsp3) is 0.267. The number of hydrogen-bond donors (Lipinski definition) is 0. The van der Waals surface area contributed by atoms with Gasteiger partial charge in [-0.2, -0.15) is 0 Å². The molecule has 4 aliphatic rings. The summed E-state index contributed by atoms with van der Waals surface area (Å²) in [5.74, 6) is 0. The third-order valence-corrected chi connectivity index (χ3v) is 19.2. The van der Waals surface area contributed by atoms with Gasteiger partial charge in [-0.25, -0.2) is 0 Å². The van der Waals surface area contributed by atoms with E-state index >= 15 is 0 Å². The summed E-state index contributed by atoms with van der Waals surface area (Å²) in [6, 6.07) is 52.5. The molecule has 0 amide bonds. The molecule has 3 nitrogen and oxygen atoms in total. The van der Waals surface area contributed by atoms with Crippen LogP contribution in [0.1, 0.15) is 97.8 Å². The Balaban J connectivity index is 1.11. The molecule has 6 heteroatoms. The highest BCUT2D eigenvalue weighted by atomic mass is 32.1. The monoisotopic (exact) mass is 891 g/mol. The molecule has 324 valence electrons. The molecule has 0 saturated heterocycles. The predicted octanol–water partition coefficient (Wildman–Crippen LogP) is 15.3. The zero-order chi connectivity index (χ0) is 44.8. The van der Waals surface area contributed by atoms with Crippen LogP contribution in [0.25, 0.3) is 57.1 Å². The van der Waals surface area contributed by atoms with E-state index in [0.29, 0.717) is 0 Å². The van der Waals surface area contributed by atoms with Gasteiger partial charge in [-0.05, 0) is 112 Å². The zero-order valence-corrected chi connectivity index (χ0v) is 40.9. The molecule has 7 aromatic carbocycles. The first-order valence-electron chi connectivity index (χ1n) is 24.2. The smallest absolute Gasteiger partial charge is 0.252 e. The molecule has 66 heavy (non-hydrogen) atoms. The number of benzene rings is 7. The first-order valence-corrected chi connectivity index (χ1v) is 25.8. The molecule has 2 atom stereocenters. The Morgan fingerprint density at radius 2 is 1.20 bits per heavy atom. The van der Waals surface area contributed by atoms with Gasteiger partial charge < -0.3 is 14.4 Å². The van der Waals surface area contributed by atoms with Gasteiger partial charge >= 0.3 is 0 Å². The maximum atomic E-state index is 2.80. The van der Waals surface area contributed by atoms with Gasteiger partial charge in [0.2, 0.25) is 0 Å². The van der Waals surface area contributed by atoms with E-state index in [1.807, 2.05) is 22.7 Å². The van der Waals surface area contributed by atoms with Gasteiger partial charge in [-0.3, -0.25) is 0 Å². The van der Waals surface area contributed by atoms with Crippen molar-refractivity contribution in [2.75, 3.05) is 9.80 Å². The summed E-state index contributed by atoms with van der Waals surface area (Å²) in [4.78, 5) is 5.51. The maximum absolute atomic E-state index is 2.80. The molecule has 2 unspecified atom stereocenters. The number of hydrogen-bond acceptors (Lipinski definition) is 4. The van der Waals surface area contributed by atoms with Crippen molar-refractivity contribution in [1.82, 2.24) is 4.57 Å². The summed E-state index contributed by atoms with van der Waals surface area (Å²) in [5.41, 5.74) is 19.0. The molecule has 0 bridgehead atoms. The van der Waals surface area contributed by atoms with Crippen LogP contribution in [0, 0.1) is 0 Å². The molecule has 10 aromatic rings. The Bertz CT molecular complexity index is 3760. The summed E-state index contributed by atoms with van der Waals surface area (Å²) in [5, 5.41) is 5.35. The van der Waals surface area contributed by atoms with Crippen molar-refractivity contribution in [2.45, 2.75) is 103 Å². The lowest BCUT2D eigenvalue weighted by molar-refractivity contribution is 0.195. The van der Waals surface area contributed by atoms with Gasteiger partial charge in [-0.1, -0.05) is 146 Å². The van der Waals surface area contributed by atoms with E-state index in [0.717, 1.165) is 0 Å². The van der Waals surface area contributed by atoms with Gasteiger partial charge in [0, 0.05) is 64.8 Å². The van der Waals surface area contributed by atoms with Gasteiger partial charge in [0.15, 0.2) is 0 Å². The van der Waals surface area contributed by atoms with Crippen molar-refractivity contribution in [3.05, 3.63) is 150 Å². The van der Waals surface area contributed by atoms with E-state index in [9.17, 15) is 0 Å². The van der Waals surface area contributed by atoms with Crippen LogP contribution in [0.15, 0.2) is 133 Å². The fourth-order valence-corrected chi connectivity index (χ4v) is 15.6. The standard InChI is InChI=1S/C60H54BN3S2/c1-57(2,3)35-25-28-45-42(31-35)59(7)29-13-14-30-60(59,8)64(45)37-26-27-43-47(34-37)62(46-22-16-19-39-38-17-9-11-23-50(38)65-55(39)46)48-32-36(58(4,5)6)33-49-52(48)61(43)44-21-15-20-41-53(44)63(49)54-40-18-10-12-24-51(40)66-56(41)54/h9-12,15-28,31-34H,13-14,29-30H2,1-8H3. The lowest BCUT2D eigenvalue weighted by Crippen LogP contribution is -2.60. The first kappa shape index (κ1) is 39.4. The number of anilines is 5. The molecule has 6 heterocycles. The molecule has 1 saturated carbocycles. The summed E-state index contributed by atoms with van der Waals surface area (Å²) >= 11 is 3.89. The Labute approximate surface area is 396 Å². The van der Waals surface area contributed by atoms with E-state index in [4.69, 9.17) is 0 Å². The van der Waals surface area contributed by atoms with Crippen molar-refractivity contribution in [3.63, 3.8) is 0 Å². The van der Waals surface area contributed by atoms with Crippen molar-refractivity contribution >= 4 is 126 Å². The van der Waals surface area contributed by atoms with Crippen LogP contribution in [0.2, 0.25) is 0 Å². The van der Waals surface area contributed by atoms with Crippen LogP contribution in [-0.4, -0.2) is 16.8 Å². The minimum Gasteiger partial charge on any atom is -0.334 e. The largest absolute Gasteiger partial charge is 0.334 e. The predicted molar refractivity (Wildman–Crippen MR) is 289 cm³/mol. The van der Waals surface area contributed by atoms with Gasteiger partial charge in [-0.15, -0.1) is 22.7 Å². The van der Waals surface area contributed by atoms with Gasteiger partial charge in [0.25, 0.3) is 6.71 Å². The van der Waals surface area contributed by atoms with Crippen molar-refractivity contribution in [2.24, 2.45) is 0 Å². The molecule has 0 radical (unpaired) electrons. The molecule has 3 aliphatic heterocycles. The summed E-state index contributed by atoms with van der Waals surface area (Å²) in [6.07, 6.45) is 4.89. The van der Waals surface area contributed by atoms with Crippen molar-refractivity contribution in [3.8, 4) is 5.69 Å². The van der Waals surface area contributed by atoms with E-state index in [-0.39, 0.29) is 28.5 Å². The van der Waals surface area contributed by atoms with Gasteiger partial charge in [0.1, 0.15) is 0 Å². The molecular weight excluding hydrogens is 838 g/mol. The van der Waals surface area contributed by atoms with Crippen molar-refractivity contribution < 1.29 is 0 Å². The second-order valence-corrected chi connectivity index (χ2v) is 24.5. The van der Waals surface area contributed by atoms with Crippen LogP contribution in [-0.2, 0) is 16.2 Å². The molecule has 1 fully saturated rings. The molecule has 14 rings (SSSR count). The van der Waals surface area contributed by atoms with E-state index in [1.165, 1.54) is 144 Å². The number of aromatic nitrogens is 1. The molecule has 0 N–H and O–H groups in total. The third-order valence-electron chi connectivity index (χ3n) is 16.8. The van der Waals surface area contributed by atoms with Gasteiger partial charge in [0.05, 0.1) is 31.7 Å². The Kier molecular flexibility index (Phi) is 7.75. The summed E-state index contributed by atoms with van der Waals surface area (Å²) in [6.45, 7) is 19.5. The number of thiophene rings is 2. The Morgan fingerprint density at radius 3 is 2.00 bits per heavy atom. The summed E-state index contributed by atoms with van der Waals surface area (Å²) < 4.78 is 8.08. The van der Waals surface area contributed by atoms with Crippen LogP contribution in [0.3, 0.4) is 0 Å². The minimum atomic E-state index is -0.0945. The highest BCUT2D eigenvalue weighted by Crippen LogP contribution is 2.62. The third kappa shape index (κ3) is 4.94.